The highest BCUT2D eigenvalue weighted by Gasteiger charge is 2.35. The molecule has 1 aliphatic heterocycles. The minimum Gasteiger partial charge on any atom is -0.478 e. The number of ether oxygens (including phenoxy) is 1. The van der Waals surface area contributed by atoms with Crippen LogP contribution in [0.3, 0.4) is 0 Å². The van der Waals surface area contributed by atoms with Gasteiger partial charge in [0.2, 0.25) is 0 Å². The van der Waals surface area contributed by atoms with Crippen molar-refractivity contribution in [3.8, 4) is 0 Å². The Kier molecular flexibility index (Phi) is 5.15. The molecule has 25 heavy (non-hydrogen) atoms. The van der Waals surface area contributed by atoms with Crippen molar-refractivity contribution in [3.05, 3.63) is 37.9 Å². The molecular formula is C14H15N3O8. The van der Waals surface area contributed by atoms with Crippen molar-refractivity contribution in [2.24, 2.45) is 5.92 Å². The molecule has 11 heteroatoms. The van der Waals surface area contributed by atoms with Gasteiger partial charge >= 0.3 is 11.9 Å². The summed E-state index contributed by atoms with van der Waals surface area (Å²) in [5.74, 6) is -2.58. The number of piperidine rings is 1. The molecule has 1 aliphatic rings. The predicted octanol–water partition coefficient (Wildman–Crippen LogP) is 1.59. The molecule has 0 bridgehead atoms. The molecule has 2 rings (SSSR count). The van der Waals surface area contributed by atoms with Crippen LogP contribution >= 0.6 is 0 Å². The topological polar surface area (TPSA) is 153 Å². The van der Waals surface area contributed by atoms with Crippen molar-refractivity contribution in [3.63, 3.8) is 0 Å². The Hall–Kier alpha value is -3.24. The zero-order valence-electron chi connectivity index (χ0n) is 13.2. The van der Waals surface area contributed by atoms with Gasteiger partial charge < -0.3 is 14.7 Å². The second-order valence-electron chi connectivity index (χ2n) is 5.49. The number of nitro groups is 2. The number of esters is 1. The molecule has 1 aromatic rings. The van der Waals surface area contributed by atoms with Crippen LogP contribution in [0.4, 0.5) is 17.1 Å². The van der Waals surface area contributed by atoms with E-state index in [0.717, 1.165) is 12.1 Å². The standard InChI is InChI=1S/C14H15N3O8/c1-25-14(20)8-3-2-4-15(7-8)12-10(13(18)19)5-9(16(21)22)6-11(12)17(23)24/h5-6,8H,2-4,7H2,1H3,(H,18,19). The summed E-state index contributed by atoms with van der Waals surface area (Å²) in [7, 11) is 1.22. The van der Waals surface area contributed by atoms with Gasteiger partial charge in [-0.25, -0.2) is 4.79 Å². The van der Waals surface area contributed by atoms with E-state index in [0.29, 0.717) is 12.8 Å². The lowest BCUT2D eigenvalue weighted by Gasteiger charge is -2.33. The van der Waals surface area contributed by atoms with E-state index < -0.39 is 44.6 Å². The monoisotopic (exact) mass is 353 g/mol. The molecule has 0 radical (unpaired) electrons. The maximum atomic E-state index is 11.7. The fraction of sp³-hybridized carbons (Fsp3) is 0.429. The molecule has 1 saturated heterocycles. The second kappa shape index (κ2) is 7.11. The van der Waals surface area contributed by atoms with Crippen LogP contribution in [0.5, 0.6) is 0 Å². The van der Waals surface area contributed by atoms with E-state index in [-0.39, 0.29) is 18.8 Å². The zero-order valence-corrected chi connectivity index (χ0v) is 13.2. The Balaban J connectivity index is 2.58. The normalized spacial score (nSPS) is 17.0. The van der Waals surface area contributed by atoms with Crippen LogP contribution in [0.2, 0.25) is 0 Å². The first-order chi connectivity index (χ1) is 11.8. The van der Waals surface area contributed by atoms with E-state index in [1.54, 1.807) is 0 Å². The van der Waals surface area contributed by atoms with Crippen molar-refractivity contribution in [2.75, 3.05) is 25.1 Å². The molecule has 0 spiro atoms. The molecule has 11 nitrogen and oxygen atoms in total. The number of aromatic carboxylic acids is 1. The van der Waals surface area contributed by atoms with E-state index in [9.17, 15) is 34.9 Å². The SMILES string of the molecule is COC(=O)C1CCCN(c2c(C(=O)O)cc([N+](=O)[O-])cc2[N+](=O)[O-])C1. The maximum Gasteiger partial charge on any atom is 0.338 e. The summed E-state index contributed by atoms with van der Waals surface area (Å²) in [5.41, 5.74) is -2.16. The van der Waals surface area contributed by atoms with Gasteiger partial charge in [0.1, 0.15) is 5.69 Å². The van der Waals surface area contributed by atoms with Gasteiger partial charge in [-0.3, -0.25) is 25.0 Å². The highest BCUT2D eigenvalue weighted by molar-refractivity contribution is 5.98. The van der Waals surface area contributed by atoms with E-state index in [2.05, 4.69) is 4.74 Å². The fourth-order valence-electron chi connectivity index (χ4n) is 2.88. The first-order valence-electron chi connectivity index (χ1n) is 7.29. The largest absolute Gasteiger partial charge is 0.478 e. The van der Waals surface area contributed by atoms with Crippen molar-refractivity contribution >= 4 is 29.0 Å². The average Bonchev–Trinajstić information content (AvgIpc) is 2.59. The number of non-ortho nitro benzene ring substituents is 1. The van der Waals surface area contributed by atoms with Gasteiger partial charge in [-0.1, -0.05) is 0 Å². The molecule has 1 N–H and O–H groups in total. The lowest BCUT2D eigenvalue weighted by atomic mass is 9.96. The molecule has 0 aliphatic carbocycles. The van der Waals surface area contributed by atoms with E-state index >= 15 is 0 Å². The second-order valence-corrected chi connectivity index (χ2v) is 5.49. The average molecular weight is 353 g/mol. The van der Waals surface area contributed by atoms with Gasteiger partial charge in [-0.15, -0.1) is 0 Å². The molecular weight excluding hydrogens is 338 g/mol. The zero-order chi connectivity index (χ0) is 18.7. The molecule has 0 aromatic heterocycles. The van der Waals surface area contributed by atoms with Crippen molar-refractivity contribution < 1.29 is 29.3 Å². The number of carbonyl (C=O) groups is 2. The first-order valence-corrected chi connectivity index (χ1v) is 7.29. The van der Waals surface area contributed by atoms with Gasteiger partial charge in [0.05, 0.1) is 34.5 Å². The highest BCUT2D eigenvalue weighted by atomic mass is 16.6. The van der Waals surface area contributed by atoms with Gasteiger partial charge in [0, 0.05) is 19.2 Å². The molecule has 1 fully saturated rings. The van der Waals surface area contributed by atoms with Crippen molar-refractivity contribution in [2.45, 2.75) is 12.8 Å². The van der Waals surface area contributed by atoms with Gasteiger partial charge in [0.25, 0.3) is 11.4 Å². The Morgan fingerprint density at radius 1 is 1.28 bits per heavy atom. The highest BCUT2D eigenvalue weighted by Crippen LogP contribution is 2.38. The molecule has 1 unspecified atom stereocenters. The Bertz CT molecular complexity index is 713. The first kappa shape index (κ1) is 18.1. The number of carboxylic acids is 1. The minimum absolute atomic E-state index is 0.0333. The summed E-state index contributed by atoms with van der Waals surface area (Å²) in [6, 6.07) is 1.51. The number of methoxy groups -OCH3 is 1. The summed E-state index contributed by atoms with van der Waals surface area (Å²) in [5, 5.41) is 31.7. The molecule has 1 heterocycles. The Labute approximate surface area is 141 Å². The van der Waals surface area contributed by atoms with Crippen molar-refractivity contribution in [1.29, 1.82) is 0 Å². The summed E-state index contributed by atoms with van der Waals surface area (Å²) in [6.45, 7) is 0.317. The van der Waals surface area contributed by atoms with Crippen LogP contribution in [0.25, 0.3) is 0 Å². The number of nitrogens with zero attached hydrogens (tertiary/aromatic N) is 3. The predicted molar refractivity (Wildman–Crippen MR) is 83.7 cm³/mol. The number of hydrogen-bond acceptors (Lipinski definition) is 8. The van der Waals surface area contributed by atoms with Crippen LogP contribution in [-0.2, 0) is 9.53 Å². The Morgan fingerprint density at radius 3 is 2.48 bits per heavy atom. The fourth-order valence-corrected chi connectivity index (χ4v) is 2.88. The third-order valence-electron chi connectivity index (χ3n) is 3.98. The number of hydrogen-bond donors (Lipinski definition) is 1. The molecule has 1 atom stereocenters. The molecule has 1 aromatic carbocycles. The van der Waals surface area contributed by atoms with Crippen molar-refractivity contribution in [1.82, 2.24) is 0 Å². The van der Waals surface area contributed by atoms with Gasteiger partial charge in [-0.05, 0) is 12.8 Å². The van der Waals surface area contributed by atoms with E-state index in [4.69, 9.17) is 0 Å². The van der Waals surface area contributed by atoms with E-state index in [1.807, 2.05) is 0 Å². The Morgan fingerprint density at radius 2 is 1.96 bits per heavy atom. The number of benzene rings is 1. The summed E-state index contributed by atoms with van der Waals surface area (Å²) in [6.07, 6.45) is 0.999. The summed E-state index contributed by atoms with van der Waals surface area (Å²) < 4.78 is 4.67. The van der Waals surface area contributed by atoms with Crippen LogP contribution in [0.1, 0.15) is 23.2 Å². The van der Waals surface area contributed by atoms with Crippen LogP contribution in [0.15, 0.2) is 12.1 Å². The summed E-state index contributed by atoms with van der Waals surface area (Å²) >= 11 is 0. The molecule has 0 saturated carbocycles. The summed E-state index contributed by atoms with van der Waals surface area (Å²) in [4.78, 5) is 45.2. The maximum absolute atomic E-state index is 11.7. The number of nitro benzene ring substituents is 2. The van der Waals surface area contributed by atoms with E-state index in [1.165, 1.54) is 12.0 Å². The molecule has 134 valence electrons. The number of anilines is 1. The third kappa shape index (κ3) is 3.65. The van der Waals surface area contributed by atoms with Crippen LogP contribution in [0, 0.1) is 26.1 Å². The lowest BCUT2D eigenvalue weighted by molar-refractivity contribution is -0.393. The smallest absolute Gasteiger partial charge is 0.338 e. The van der Waals surface area contributed by atoms with Gasteiger partial charge in [0.15, 0.2) is 0 Å². The minimum atomic E-state index is -1.53. The quantitative estimate of drug-likeness (QED) is 0.472. The lowest BCUT2D eigenvalue weighted by Crippen LogP contribution is -2.40. The number of rotatable bonds is 5. The van der Waals surface area contributed by atoms with Crippen LogP contribution in [-0.4, -0.2) is 47.1 Å². The number of carbonyl (C=O) groups excluding carboxylic acids is 1. The third-order valence-corrected chi connectivity index (χ3v) is 3.98. The molecule has 0 amide bonds. The van der Waals surface area contributed by atoms with Gasteiger partial charge in [-0.2, -0.15) is 0 Å². The number of carboxylic acid groups (broad SMARTS) is 1. The van der Waals surface area contributed by atoms with Crippen LogP contribution < -0.4 is 4.90 Å².